The molecule has 6 nitrogen and oxygen atoms in total. The van der Waals surface area contributed by atoms with Gasteiger partial charge in [0.15, 0.2) is 11.5 Å². The summed E-state index contributed by atoms with van der Waals surface area (Å²) >= 11 is 0. The van der Waals surface area contributed by atoms with Crippen LogP contribution in [0.4, 0.5) is 5.69 Å². The summed E-state index contributed by atoms with van der Waals surface area (Å²) in [4.78, 5) is 14.1. The number of hydrogen-bond donors (Lipinski definition) is 2. The van der Waals surface area contributed by atoms with Crippen LogP contribution in [-0.2, 0) is 4.79 Å². The number of rotatable bonds is 3. The summed E-state index contributed by atoms with van der Waals surface area (Å²) in [6, 6.07) is 5.69. The molecule has 1 aromatic rings. The summed E-state index contributed by atoms with van der Waals surface area (Å²) in [5, 5.41) is 2.88. The number of amides is 1. The fourth-order valence-corrected chi connectivity index (χ4v) is 2.49. The number of nitrogens with one attached hydrogen (secondary N) is 1. The molecule has 3 N–H and O–H groups in total. The zero-order chi connectivity index (χ0) is 13.9. The van der Waals surface area contributed by atoms with E-state index in [4.69, 9.17) is 15.2 Å². The van der Waals surface area contributed by atoms with Crippen molar-refractivity contribution in [2.45, 2.75) is 18.9 Å². The highest BCUT2D eigenvalue weighted by Gasteiger charge is 2.19. The van der Waals surface area contributed by atoms with E-state index in [0.29, 0.717) is 18.0 Å². The van der Waals surface area contributed by atoms with Gasteiger partial charge in [-0.05, 0) is 25.0 Å². The highest BCUT2D eigenvalue weighted by atomic mass is 35.5. The number of hydrogen-bond acceptors (Lipinski definition) is 5. The molecule has 0 aliphatic carbocycles. The van der Waals surface area contributed by atoms with Crippen molar-refractivity contribution in [3.63, 3.8) is 0 Å². The quantitative estimate of drug-likeness (QED) is 0.877. The predicted octanol–water partition coefficient (Wildman–Crippen LogP) is 1.20. The van der Waals surface area contributed by atoms with E-state index in [2.05, 4.69) is 10.2 Å². The average molecular weight is 314 g/mol. The second kappa shape index (κ2) is 6.98. The van der Waals surface area contributed by atoms with Crippen molar-refractivity contribution in [2.75, 3.05) is 31.7 Å². The topological polar surface area (TPSA) is 76.8 Å². The number of halogens is 1. The van der Waals surface area contributed by atoms with Crippen LogP contribution in [0, 0.1) is 0 Å². The molecule has 116 valence electrons. The van der Waals surface area contributed by atoms with Crippen molar-refractivity contribution < 1.29 is 14.3 Å². The largest absolute Gasteiger partial charge is 0.454 e. The third-order valence-electron chi connectivity index (χ3n) is 3.66. The van der Waals surface area contributed by atoms with Crippen molar-refractivity contribution in [3.05, 3.63) is 18.2 Å². The third kappa shape index (κ3) is 4.00. The molecule has 2 heterocycles. The molecule has 3 rings (SSSR count). The van der Waals surface area contributed by atoms with E-state index in [1.165, 1.54) is 0 Å². The van der Waals surface area contributed by atoms with Crippen LogP contribution in [0.5, 0.6) is 11.5 Å². The number of anilines is 1. The minimum Gasteiger partial charge on any atom is -0.454 e. The first-order valence-electron chi connectivity index (χ1n) is 6.88. The molecule has 0 aromatic heterocycles. The molecule has 1 amide bonds. The third-order valence-corrected chi connectivity index (χ3v) is 3.66. The van der Waals surface area contributed by atoms with Crippen molar-refractivity contribution in [1.29, 1.82) is 0 Å². The maximum atomic E-state index is 12.0. The van der Waals surface area contributed by atoms with Gasteiger partial charge in [-0.25, -0.2) is 0 Å². The number of fused-ring (bicyclic) bond motifs is 1. The van der Waals surface area contributed by atoms with Crippen LogP contribution in [0.15, 0.2) is 18.2 Å². The Bertz CT molecular complexity index is 504. The summed E-state index contributed by atoms with van der Waals surface area (Å²) in [5.41, 5.74) is 6.58. The lowest BCUT2D eigenvalue weighted by Crippen LogP contribution is -2.43. The highest BCUT2D eigenvalue weighted by molar-refractivity contribution is 5.92. The van der Waals surface area contributed by atoms with Gasteiger partial charge >= 0.3 is 0 Å². The summed E-state index contributed by atoms with van der Waals surface area (Å²) < 4.78 is 10.5. The van der Waals surface area contributed by atoms with E-state index in [1.54, 1.807) is 12.1 Å². The molecule has 1 fully saturated rings. The number of nitrogens with zero attached hydrogens (tertiary/aromatic N) is 1. The number of benzene rings is 1. The summed E-state index contributed by atoms with van der Waals surface area (Å²) in [7, 11) is 0. The molecule has 0 atom stereocenters. The molecule has 7 heteroatoms. The molecular weight excluding hydrogens is 294 g/mol. The van der Waals surface area contributed by atoms with Gasteiger partial charge in [-0.1, -0.05) is 0 Å². The zero-order valence-electron chi connectivity index (χ0n) is 11.7. The summed E-state index contributed by atoms with van der Waals surface area (Å²) in [5.74, 6) is 1.37. The van der Waals surface area contributed by atoms with E-state index in [1.807, 2.05) is 6.07 Å². The van der Waals surface area contributed by atoms with E-state index < -0.39 is 0 Å². The van der Waals surface area contributed by atoms with Crippen LogP contribution in [-0.4, -0.2) is 43.3 Å². The maximum Gasteiger partial charge on any atom is 0.238 e. The lowest BCUT2D eigenvalue weighted by atomic mass is 10.1. The Morgan fingerprint density at radius 1 is 1.29 bits per heavy atom. The molecule has 1 saturated heterocycles. The first-order chi connectivity index (χ1) is 9.70. The standard InChI is InChI=1S/C14H19N3O3.ClH/c15-10-3-5-17(6-4-10)8-14(18)16-11-1-2-12-13(7-11)20-9-19-12;/h1-2,7,10H,3-6,8-9,15H2,(H,16,18);1H. The van der Waals surface area contributed by atoms with Crippen LogP contribution in [0.25, 0.3) is 0 Å². The minimum absolute atomic E-state index is 0. The Morgan fingerprint density at radius 3 is 2.76 bits per heavy atom. The Labute approximate surface area is 130 Å². The zero-order valence-corrected chi connectivity index (χ0v) is 12.5. The first kappa shape index (κ1) is 15.9. The number of nitrogens with two attached hydrogens (primary N) is 1. The van der Waals surface area contributed by atoms with E-state index in [0.717, 1.165) is 31.6 Å². The molecule has 2 aliphatic rings. The molecule has 0 unspecified atom stereocenters. The summed E-state index contributed by atoms with van der Waals surface area (Å²) in [6.07, 6.45) is 1.91. The monoisotopic (exact) mass is 313 g/mol. The number of ether oxygens (including phenoxy) is 2. The van der Waals surface area contributed by atoms with Crippen molar-refractivity contribution >= 4 is 24.0 Å². The SMILES string of the molecule is Cl.NC1CCN(CC(=O)Nc2ccc3c(c2)OCO3)CC1. The Balaban J connectivity index is 0.00000161. The van der Waals surface area contributed by atoms with E-state index in [9.17, 15) is 4.79 Å². The molecular formula is C14H20ClN3O3. The lowest BCUT2D eigenvalue weighted by molar-refractivity contribution is -0.117. The minimum atomic E-state index is -0.0145. The molecule has 0 spiro atoms. The second-order valence-corrected chi connectivity index (χ2v) is 5.23. The normalized spacial score (nSPS) is 18.1. The van der Waals surface area contributed by atoms with Gasteiger partial charge < -0.3 is 20.5 Å². The van der Waals surface area contributed by atoms with Crippen LogP contribution < -0.4 is 20.5 Å². The first-order valence-corrected chi connectivity index (χ1v) is 6.88. The van der Waals surface area contributed by atoms with E-state index >= 15 is 0 Å². The fraction of sp³-hybridized carbons (Fsp3) is 0.500. The van der Waals surface area contributed by atoms with Gasteiger partial charge in [-0.3, -0.25) is 9.69 Å². The van der Waals surface area contributed by atoms with Crippen LogP contribution in [0.3, 0.4) is 0 Å². The number of piperidine rings is 1. The van der Waals surface area contributed by atoms with Gasteiger partial charge in [-0.15, -0.1) is 12.4 Å². The van der Waals surface area contributed by atoms with E-state index in [-0.39, 0.29) is 31.1 Å². The molecule has 0 radical (unpaired) electrons. The van der Waals surface area contributed by atoms with Crippen molar-refractivity contribution in [3.8, 4) is 11.5 Å². The van der Waals surface area contributed by atoms with Gasteiger partial charge in [0.2, 0.25) is 12.7 Å². The molecule has 2 aliphatic heterocycles. The number of likely N-dealkylation sites (tertiary alicyclic amines) is 1. The fourth-order valence-electron chi connectivity index (χ4n) is 2.49. The molecule has 0 bridgehead atoms. The second-order valence-electron chi connectivity index (χ2n) is 5.23. The Hall–Kier alpha value is -1.50. The van der Waals surface area contributed by atoms with Gasteiger partial charge in [0, 0.05) is 30.9 Å². The lowest BCUT2D eigenvalue weighted by Gasteiger charge is -2.29. The van der Waals surface area contributed by atoms with Crippen LogP contribution in [0.1, 0.15) is 12.8 Å². The summed E-state index contributed by atoms with van der Waals surface area (Å²) in [6.45, 7) is 2.41. The average Bonchev–Trinajstić information content (AvgIpc) is 2.89. The molecule has 1 aromatic carbocycles. The van der Waals surface area contributed by atoms with Gasteiger partial charge in [0.05, 0.1) is 6.54 Å². The Morgan fingerprint density at radius 2 is 2.00 bits per heavy atom. The van der Waals surface area contributed by atoms with Gasteiger partial charge in [-0.2, -0.15) is 0 Å². The highest BCUT2D eigenvalue weighted by Crippen LogP contribution is 2.34. The predicted molar refractivity (Wildman–Crippen MR) is 82.1 cm³/mol. The van der Waals surface area contributed by atoms with Gasteiger partial charge in [0.1, 0.15) is 0 Å². The molecule has 21 heavy (non-hydrogen) atoms. The van der Waals surface area contributed by atoms with Crippen molar-refractivity contribution in [2.24, 2.45) is 5.73 Å². The van der Waals surface area contributed by atoms with Gasteiger partial charge in [0.25, 0.3) is 0 Å². The van der Waals surface area contributed by atoms with Crippen molar-refractivity contribution in [1.82, 2.24) is 4.90 Å². The molecule has 0 saturated carbocycles. The smallest absolute Gasteiger partial charge is 0.238 e. The van der Waals surface area contributed by atoms with Crippen LogP contribution in [0.2, 0.25) is 0 Å². The number of carbonyl (C=O) groups is 1. The number of carbonyl (C=O) groups excluding carboxylic acids is 1. The van der Waals surface area contributed by atoms with Crippen LogP contribution >= 0.6 is 12.4 Å². The maximum absolute atomic E-state index is 12.0. The Kier molecular flexibility index (Phi) is 5.27.